The largest absolute Gasteiger partial charge is 0.315 e. The quantitative estimate of drug-likeness (QED) is 0.773. The van der Waals surface area contributed by atoms with Gasteiger partial charge in [0, 0.05) is 31.7 Å². The second-order valence-corrected chi connectivity index (χ2v) is 4.77. The van der Waals surface area contributed by atoms with Gasteiger partial charge >= 0.3 is 0 Å². The van der Waals surface area contributed by atoms with Crippen LogP contribution in [-0.2, 0) is 6.54 Å². The van der Waals surface area contributed by atoms with Gasteiger partial charge in [0.2, 0.25) is 0 Å². The van der Waals surface area contributed by atoms with Crippen molar-refractivity contribution in [1.29, 1.82) is 0 Å². The van der Waals surface area contributed by atoms with Crippen LogP contribution in [0.2, 0.25) is 0 Å². The number of hydrogen-bond donors (Lipinski definition) is 1. The molecule has 0 radical (unpaired) electrons. The van der Waals surface area contributed by atoms with Crippen LogP contribution in [0.3, 0.4) is 0 Å². The summed E-state index contributed by atoms with van der Waals surface area (Å²) >= 11 is 0. The van der Waals surface area contributed by atoms with E-state index in [9.17, 15) is 0 Å². The Kier molecular flexibility index (Phi) is 2.35. The molecule has 2 rings (SSSR count). The normalized spacial score (nSPS) is 25.5. The molecule has 1 saturated heterocycles. The molecular formula is C11H19N3. The molecule has 0 amide bonds. The highest BCUT2D eigenvalue weighted by atomic mass is 15.3. The maximum Gasteiger partial charge on any atom is 0.0674 e. The van der Waals surface area contributed by atoms with Crippen molar-refractivity contribution in [1.82, 2.24) is 15.1 Å². The molecule has 1 N–H and O–H groups in total. The van der Waals surface area contributed by atoms with Crippen LogP contribution >= 0.6 is 0 Å². The molecule has 3 nitrogen and oxygen atoms in total. The monoisotopic (exact) mass is 193 g/mol. The summed E-state index contributed by atoms with van der Waals surface area (Å²) in [5.74, 6) is 0.565. The number of nitrogens with zero attached hydrogens (tertiary/aromatic N) is 2. The van der Waals surface area contributed by atoms with Gasteiger partial charge in [-0.3, -0.25) is 4.68 Å². The standard InChI is InChI=1S/C11H19N3/c1-4-14-6-5-10(13-14)9-7-12-8-11(9,2)3/h5-6,9,12H,4,7-8H2,1-3H3/t9-/m1/s1. The first kappa shape index (κ1) is 9.71. The fraction of sp³-hybridized carbons (Fsp3) is 0.727. The van der Waals surface area contributed by atoms with Gasteiger partial charge in [0.25, 0.3) is 0 Å². The Labute approximate surface area is 85.5 Å². The van der Waals surface area contributed by atoms with Crippen molar-refractivity contribution in [3.05, 3.63) is 18.0 Å². The van der Waals surface area contributed by atoms with Crippen LogP contribution in [0.1, 0.15) is 32.4 Å². The molecule has 0 unspecified atom stereocenters. The zero-order valence-corrected chi connectivity index (χ0v) is 9.25. The summed E-state index contributed by atoms with van der Waals surface area (Å²) < 4.78 is 2.00. The highest BCUT2D eigenvalue weighted by Gasteiger charge is 2.36. The van der Waals surface area contributed by atoms with Gasteiger partial charge < -0.3 is 5.32 Å². The zero-order chi connectivity index (χ0) is 10.2. The van der Waals surface area contributed by atoms with Crippen molar-refractivity contribution in [3.8, 4) is 0 Å². The third-order valence-electron chi connectivity index (χ3n) is 3.21. The molecule has 78 valence electrons. The van der Waals surface area contributed by atoms with E-state index in [4.69, 9.17) is 0 Å². The van der Waals surface area contributed by atoms with Gasteiger partial charge in [-0.15, -0.1) is 0 Å². The first-order valence-electron chi connectivity index (χ1n) is 5.37. The highest BCUT2D eigenvalue weighted by Crippen LogP contribution is 2.37. The molecule has 1 aromatic heterocycles. The fourth-order valence-corrected chi connectivity index (χ4v) is 2.18. The molecule has 0 saturated carbocycles. The molecule has 0 aromatic carbocycles. The van der Waals surface area contributed by atoms with E-state index in [1.807, 2.05) is 4.68 Å². The number of nitrogens with one attached hydrogen (secondary N) is 1. The van der Waals surface area contributed by atoms with Crippen LogP contribution in [0, 0.1) is 5.41 Å². The average molecular weight is 193 g/mol. The van der Waals surface area contributed by atoms with E-state index in [0.29, 0.717) is 11.3 Å². The molecule has 3 heteroatoms. The Hall–Kier alpha value is -0.830. The minimum absolute atomic E-state index is 0.340. The highest BCUT2D eigenvalue weighted by molar-refractivity contribution is 5.14. The van der Waals surface area contributed by atoms with Gasteiger partial charge in [-0.25, -0.2) is 0 Å². The second kappa shape index (κ2) is 3.39. The van der Waals surface area contributed by atoms with Crippen LogP contribution in [0.5, 0.6) is 0 Å². The van der Waals surface area contributed by atoms with E-state index in [1.165, 1.54) is 5.69 Å². The Morgan fingerprint density at radius 3 is 2.93 bits per heavy atom. The van der Waals surface area contributed by atoms with Crippen LogP contribution in [0.25, 0.3) is 0 Å². The SMILES string of the molecule is CCn1ccc([C@H]2CNCC2(C)C)n1. The number of aryl methyl sites for hydroxylation is 1. The maximum absolute atomic E-state index is 4.58. The lowest BCUT2D eigenvalue weighted by molar-refractivity contribution is 0.355. The Morgan fingerprint density at radius 1 is 1.64 bits per heavy atom. The molecule has 1 atom stereocenters. The van der Waals surface area contributed by atoms with Crippen molar-refractivity contribution >= 4 is 0 Å². The summed E-state index contributed by atoms with van der Waals surface area (Å²) in [6, 6.07) is 2.16. The van der Waals surface area contributed by atoms with Crippen molar-refractivity contribution in [2.45, 2.75) is 33.2 Å². The van der Waals surface area contributed by atoms with Gasteiger partial charge in [-0.05, 0) is 18.4 Å². The minimum atomic E-state index is 0.340. The van der Waals surface area contributed by atoms with Crippen LogP contribution < -0.4 is 5.32 Å². The van der Waals surface area contributed by atoms with E-state index in [2.05, 4.69) is 43.4 Å². The van der Waals surface area contributed by atoms with Crippen LogP contribution in [0.4, 0.5) is 0 Å². The molecule has 1 aliphatic heterocycles. The van der Waals surface area contributed by atoms with E-state index in [-0.39, 0.29) is 0 Å². The lowest BCUT2D eigenvalue weighted by Gasteiger charge is -2.23. The maximum atomic E-state index is 4.58. The van der Waals surface area contributed by atoms with Gasteiger partial charge in [0.1, 0.15) is 0 Å². The first-order chi connectivity index (χ1) is 6.63. The zero-order valence-electron chi connectivity index (χ0n) is 9.25. The topological polar surface area (TPSA) is 29.9 Å². The van der Waals surface area contributed by atoms with Crippen LogP contribution in [-0.4, -0.2) is 22.9 Å². The minimum Gasteiger partial charge on any atom is -0.315 e. The summed E-state index contributed by atoms with van der Waals surface area (Å²) in [4.78, 5) is 0. The molecular weight excluding hydrogens is 174 g/mol. The van der Waals surface area contributed by atoms with Crippen molar-refractivity contribution in [2.24, 2.45) is 5.41 Å². The average Bonchev–Trinajstić information content (AvgIpc) is 2.70. The molecule has 1 aromatic rings. The molecule has 0 bridgehead atoms. The lowest BCUT2D eigenvalue weighted by Crippen LogP contribution is -2.21. The number of rotatable bonds is 2. The first-order valence-corrected chi connectivity index (χ1v) is 5.37. The summed E-state index contributed by atoms with van der Waals surface area (Å²) in [5.41, 5.74) is 1.58. The van der Waals surface area contributed by atoms with E-state index >= 15 is 0 Å². The van der Waals surface area contributed by atoms with Crippen molar-refractivity contribution < 1.29 is 0 Å². The third-order valence-corrected chi connectivity index (χ3v) is 3.21. The smallest absolute Gasteiger partial charge is 0.0674 e. The molecule has 1 fully saturated rings. The van der Waals surface area contributed by atoms with Crippen molar-refractivity contribution in [3.63, 3.8) is 0 Å². The molecule has 0 aliphatic carbocycles. The van der Waals surface area contributed by atoms with Gasteiger partial charge in [0.15, 0.2) is 0 Å². The predicted octanol–water partition coefficient (Wildman–Crippen LogP) is 1.62. The second-order valence-electron chi connectivity index (χ2n) is 4.77. The Bertz CT molecular complexity index is 314. The summed E-state index contributed by atoms with van der Waals surface area (Å²) in [7, 11) is 0. The summed E-state index contributed by atoms with van der Waals surface area (Å²) in [6.07, 6.45) is 2.07. The van der Waals surface area contributed by atoms with Crippen LogP contribution in [0.15, 0.2) is 12.3 Å². The van der Waals surface area contributed by atoms with Gasteiger partial charge in [-0.1, -0.05) is 13.8 Å². The fourth-order valence-electron chi connectivity index (χ4n) is 2.18. The Morgan fingerprint density at radius 2 is 2.43 bits per heavy atom. The summed E-state index contributed by atoms with van der Waals surface area (Å²) in [6.45, 7) is 9.85. The van der Waals surface area contributed by atoms with Gasteiger partial charge in [0.05, 0.1) is 5.69 Å². The predicted molar refractivity (Wildman–Crippen MR) is 57.3 cm³/mol. The molecule has 1 aliphatic rings. The molecule has 0 spiro atoms. The molecule has 2 heterocycles. The van der Waals surface area contributed by atoms with Crippen molar-refractivity contribution in [2.75, 3.05) is 13.1 Å². The third kappa shape index (κ3) is 1.57. The lowest BCUT2D eigenvalue weighted by atomic mass is 9.80. The van der Waals surface area contributed by atoms with E-state index in [1.54, 1.807) is 0 Å². The number of aromatic nitrogens is 2. The van der Waals surface area contributed by atoms with E-state index in [0.717, 1.165) is 19.6 Å². The number of hydrogen-bond acceptors (Lipinski definition) is 2. The van der Waals surface area contributed by atoms with E-state index < -0.39 is 0 Å². The summed E-state index contributed by atoms with van der Waals surface area (Å²) in [5, 5.41) is 8.02. The van der Waals surface area contributed by atoms with Gasteiger partial charge in [-0.2, -0.15) is 5.10 Å². The molecule has 14 heavy (non-hydrogen) atoms. The Balaban J connectivity index is 2.22.